The molecule has 0 spiro atoms. The Morgan fingerprint density at radius 2 is 1.59 bits per heavy atom. The molecule has 0 aliphatic carbocycles. The lowest BCUT2D eigenvalue weighted by Gasteiger charge is -2.32. The maximum atomic E-state index is 13.7. The van der Waals surface area contributed by atoms with Gasteiger partial charge in [0.2, 0.25) is 21.8 Å². The van der Waals surface area contributed by atoms with E-state index in [9.17, 15) is 18.0 Å². The van der Waals surface area contributed by atoms with E-state index in [0.717, 1.165) is 5.56 Å². The maximum Gasteiger partial charge on any atom is 0.243 e. The fraction of sp³-hybridized carbons (Fsp3) is 0.310. The third-order valence-electron chi connectivity index (χ3n) is 6.29. The summed E-state index contributed by atoms with van der Waals surface area (Å²) in [7, 11) is -2.19. The van der Waals surface area contributed by atoms with Gasteiger partial charge < -0.3 is 10.2 Å². The maximum absolute atomic E-state index is 13.7. The van der Waals surface area contributed by atoms with Crippen LogP contribution in [0.15, 0.2) is 83.8 Å². The summed E-state index contributed by atoms with van der Waals surface area (Å²) in [6.45, 7) is 2.48. The van der Waals surface area contributed by atoms with Gasteiger partial charge in [-0.1, -0.05) is 77.8 Å². The SMILES string of the molecule is CCNC(=O)C(Cc1ccccc1)N(Cc1ccc(Cl)cc1Cl)C(=O)CCCN(C)S(=O)(=O)c1ccccc1. The minimum Gasteiger partial charge on any atom is -0.355 e. The predicted molar refractivity (Wildman–Crippen MR) is 155 cm³/mol. The molecule has 3 rings (SSSR count). The number of hydrogen-bond acceptors (Lipinski definition) is 4. The van der Waals surface area contributed by atoms with Crippen LogP contribution in [0.3, 0.4) is 0 Å². The van der Waals surface area contributed by atoms with Crippen LogP contribution >= 0.6 is 23.2 Å². The first-order chi connectivity index (χ1) is 18.6. The molecule has 7 nitrogen and oxygen atoms in total. The molecule has 0 aliphatic rings. The second kappa shape index (κ2) is 14.5. The normalized spacial score (nSPS) is 12.2. The summed E-state index contributed by atoms with van der Waals surface area (Å²) in [6, 6.07) is 21.9. The number of benzene rings is 3. The Hall–Kier alpha value is -2.91. The van der Waals surface area contributed by atoms with Gasteiger partial charge in [-0.3, -0.25) is 9.59 Å². The van der Waals surface area contributed by atoms with Gasteiger partial charge in [-0.2, -0.15) is 0 Å². The zero-order valence-corrected chi connectivity index (χ0v) is 24.3. The smallest absolute Gasteiger partial charge is 0.243 e. The Morgan fingerprint density at radius 3 is 2.21 bits per heavy atom. The van der Waals surface area contributed by atoms with Crippen molar-refractivity contribution in [3.8, 4) is 0 Å². The Kier molecular flexibility index (Phi) is 11.4. The van der Waals surface area contributed by atoms with Gasteiger partial charge in [-0.05, 0) is 48.7 Å². The van der Waals surface area contributed by atoms with E-state index in [2.05, 4.69) is 5.32 Å². The van der Waals surface area contributed by atoms with Crippen LogP contribution < -0.4 is 5.32 Å². The van der Waals surface area contributed by atoms with Crippen molar-refractivity contribution >= 4 is 45.0 Å². The topological polar surface area (TPSA) is 86.8 Å². The van der Waals surface area contributed by atoms with Gasteiger partial charge >= 0.3 is 0 Å². The highest BCUT2D eigenvalue weighted by molar-refractivity contribution is 7.89. The van der Waals surface area contributed by atoms with E-state index in [1.54, 1.807) is 36.4 Å². The highest BCUT2D eigenvalue weighted by Gasteiger charge is 2.30. The minimum atomic E-state index is -3.68. The first-order valence-corrected chi connectivity index (χ1v) is 14.9. The molecule has 0 bridgehead atoms. The van der Waals surface area contributed by atoms with Crippen LogP contribution in [-0.4, -0.2) is 55.6 Å². The summed E-state index contributed by atoms with van der Waals surface area (Å²) in [5.74, 6) is -0.553. The summed E-state index contributed by atoms with van der Waals surface area (Å²) in [5, 5.41) is 3.71. The lowest BCUT2D eigenvalue weighted by molar-refractivity contribution is -0.141. The number of nitrogens with one attached hydrogen (secondary N) is 1. The van der Waals surface area contributed by atoms with Crippen molar-refractivity contribution in [2.75, 3.05) is 20.1 Å². The van der Waals surface area contributed by atoms with E-state index < -0.39 is 16.1 Å². The molecule has 0 radical (unpaired) electrons. The average molecular weight is 591 g/mol. The standard InChI is InChI=1S/C29H33Cl2N3O4S/c1-3-32-29(36)27(19-22-11-6-4-7-12-22)34(21-23-16-17-24(30)20-26(23)31)28(35)15-10-18-33(2)39(37,38)25-13-8-5-9-14-25/h4-9,11-14,16-17,20,27H,3,10,15,18-19,21H2,1-2H3,(H,32,36). The van der Waals surface area contributed by atoms with Crippen LogP contribution in [0.4, 0.5) is 0 Å². The molecule has 1 N–H and O–H groups in total. The summed E-state index contributed by atoms with van der Waals surface area (Å²) >= 11 is 12.5. The summed E-state index contributed by atoms with van der Waals surface area (Å²) in [4.78, 5) is 28.6. The Balaban J connectivity index is 1.83. The van der Waals surface area contributed by atoms with E-state index in [-0.39, 0.29) is 42.6 Å². The molecule has 0 saturated heterocycles. The molecule has 0 fully saturated rings. The van der Waals surface area contributed by atoms with Gasteiger partial charge in [0.05, 0.1) is 4.90 Å². The third kappa shape index (κ3) is 8.54. The zero-order chi connectivity index (χ0) is 28.4. The largest absolute Gasteiger partial charge is 0.355 e. The van der Waals surface area contributed by atoms with Gasteiger partial charge in [-0.25, -0.2) is 12.7 Å². The Morgan fingerprint density at radius 1 is 0.949 bits per heavy atom. The molecule has 0 aliphatic heterocycles. The van der Waals surface area contributed by atoms with Crippen LogP contribution in [0.2, 0.25) is 10.0 Å². The summed E-state index contributed by atoms with van der Waals surface area (Å²) in [5.41, 5.74) is 1.56. The van der Waals surface area contributed by atoms with Crippen molar-refractivity contribution in [3.05, 3.63) is 100 Å². The fourth-order valence-electron chi connectivity index (χ4n) is 4.17. The lowest BCUT2D eigenvalue weighted by Crippen LogP contribution is -2.50. The Labute approximate surface area is 240 Å². The van der Waals surface area contributed by atoms with E-state index >= 15 is 0 Å². The number of hydrogen-bond donors (Lipinski definition) is 1. The van der Waals surface area contributed by atoms with Gasteiger partial charge in [0.1, 0.15) is 6.04 Å². The van der Waals surface area contributed by atoms with E-state index in [1.165, 1.54) is 28.4 Å². The van der Waals surface area contributed by atoms with Crippen LogP contribution in [-0.2, 0) is 32.6 Å². The molecule has 3 aromatic rings. The number of nitrogens with zero attached hydrogens (tertiary/aromatic N) is 2. The number of rotatable bonds is 13. The number of likely N-dealkylation sites (N-methyl/N-ethyl adjacent to an activating group) is 1. The van der Waals surface area contributed by atoms with Crippen molar-refractivity contribution in [1.29, 1.82) is 0 Å². The molecule has 0 aromatic heterocycles. The van der Waals surface area contributed by atoms with Gasteiger partial charge in [0.15, 0.2) is 0 Å². The van der Waals surface area contributed by atoms with E-state index in [4.69, 9.17) is 23.2 Å². The highest BCUT2D eigenvalue weighted by atomic mass is 35.5. The van der Waals surface area contributed by atoms with E-state index in [0.29, 0.717) is 28.6 Å². The summed E-state index contributed by atoms with van der Waals surface area (Å²) < 4.78 is 27.0. The zero-order valence-electron chi connectivity index (χ0n) is 22.0. The van der Waals surface area contributed by atoms with Crippen LogP contribution in [0, 0.1) is 0 Å². The summed E-state index contributed by atoms with van der Waals surface area (Å²) in [6.07, 6.45) is 0.635. The van der Waals surface area contributed by atoms with Crippen molar-refractivity contribution in [1.82, 2.24) is 14.5 Å². The van der Waals surface area contributed by atoms with Gasteiger partial charge in [0, 0.05) is 49.6 Å². The van der Waals surface area contributed by atoms with Crippen molar-refractivity contribution in [2.45, 2.75) is 43.7 Å². The van der Waals surface area contributed by atoms with E-state index in [1.807, 2.05) is 37.3 Å². The number of carbonyl (C=O) groups is 2. The number of amides is 2. The second-order valence-corrected chi connectivity index (χ2v) is 12.0. The molecule has 208 valence electrons. The number of carbonyl (C=O) groups excluding carboxylic acids is 2. The molecule has 0 heterocycles. The molecule has 10 heteroatoms. The number of sulfonamides is 1. The lowest BCUT2D eigenvalue weighted by atomic mass is 10.0. The molecule has 3 aromatic carbocycles. The van der Waals surface area contributed by atoms with Crippen LogP contribution in [0.5, 0.6) is 0 Å². The van der Waals surface area contributed by atoms with Gasteiger partial charge in [-0.15, -0.1) is 0 Å². The molecule has 1 atom stereocenters. The molecular formula is C29H33Cl2N3O4S. The quantitative estimate of drug-likeness (QED) is 0.298. The first kappa shape index (κ1) is 30.6. The van der Waals surface area contributed by atoms with Gasteiger partial charge in [0.25, 0.3) is 0 Å². The average Bonchev–Trinajstić information content (AvgIpc) is 2.92. The fourth-order valence-corrected chi connectivity index (χ4v) is 5.87. The van der Waals surface area contributed by atoms with Crippen LogP contribution in [0.1, 0.15) is 30.9 Å². The van der Waals surface area contributed by atoms with Crippen molar-refractivity contribution in [3.63, 3.8) is 0 Å². The number of halogens is 2. The predicted octanol–water partition coefficient (Wildman–Crippen LogP) is 5.17. The van der Waals surface area contributed by atoms with Crippen LogP contribution in [0.25, 0.3) is 0 Å². The minimum absolute atomic E-state index is 0.0462. The monoisotopic (exact) mass is 589 g/mol. The molecular weight excluding hydrogens is 557 g/mol. The third-order valence-corrected chi connectivity index (χ3v) is 8.75. The molecule has 2 amide bonds. The second-order valence-electron chi connectivity index (χ2n) is 9.10. The van der Waals surface area contributed by atoms with Crippen molar-refractivity contribution in [2.24, 2.45) is 0 Å². The molecule has 0 saturated carbocycles. The molecule has 1 unspecified atom stereocenters. The first-order valence-electron chi connectivity index (χ1n) is 12.7. The van der Waals surface area contributed by atoms with Crippen molar-refractivity contribution < 1.29 is 18.0 Å². The highest BCUT2D eigenvalue weighted by Crippen LogP contribution is 2.25. The molecule has 39 heavy (non-hydrogen) atoms. The Bertz CT molecular complexity index is 1360.